The Labute approximate surface area is 212 Å². The minimum absolute atomic E-state index is 0.0795. The van der Waals surface area contributed by atoms with E-state index in [1.165, 1.54) is 0 Å². The number of aliphatic carboxylic acids is 2. The van der Waals surface area contributed by atoms with Gasteiger partial charge in [0.1, 0.15) is 18.1 Å². The zero-order valence-corrected chi connectivity index (χ0v) is 20.7. The maximum atomic E-state index is 12.7. The molecular weight excluding hydrogens is 496 g/mol. The van der Waals surface area contributed by atoms with Crippen molar-refractivity contribution in [3.63, 3.8) is 0 Å². The topological polar surface area (TPSA) is 280 Å². The first kappa shape index (κ1) is 33.2. The molecule has 0 aliphatic carbocycles. The highest BCUT2D eigenvalue weighted by Gasteiger charge is 2.30. The Kier molecular flexibility index (Phi) is 15.1. The van der Waals surface area contributed by atoms with Crippen molar-refractivity contribution in [3.8, 4) is 0 Å². The second-order valence-corrected chi connectivity index (χ2v) is 8.65. The quantitative estimate of drug-likeness (QED) is 0.0823. The van der Waals surface area contributed by atoms with Crippen molar-refractivity contribution in [2.75, 3.05) is 13.2 Å². The van der Waals surface area contributed by atoms with Crippen LogP contribution < -0.4 is 32.7 Å². The number of aliphatic hydroxyl groups is 1. The number of carboxylic acid groups (broad SMARTS) is 2. The van der Waals surface area contributed by atoms with Crippen LogP contribution in [0.1, 0.15) is 46.0 Å². The normalized spacial score (nSPS) is 14.0. The zero-order valence-electron chi connectivity index (χ0n) is 20.7. The first-order valence-electron chi connectivity index (χ1n) is 11.4. The smallest absolute Gasteiger partial charge is 0.326 e. The van der Waals surface area contributed by atoms with E-state index in [2.05, 4.69) is 21.3 Å². The Balaban J connectivity index is 5.11. The van der Waals surface area contributed by atoms with Gasteiger partial charge >= 0.3 is 11.9 Å². The molecule has 0 rings (SSSR count). The maximum Gasteiger partial charge on any atom is 0.326 e. The Morgan fingerprint density at radius 1 is 0.784 bits per heavy atom. The minimum Gasteiger partial charge on any atom is -0.481 e. The number of carbonyl (C=O) groups is 7. The van der Waals surface area contributed by atoms with Crippen molar-refractivity contribution < 1.29 is 48.9 Å². The zero-order chi connectivity index (χ0) is 28.7. The molecule has 210 valence electrons. The molecule has 0 fully saturated rings. The largest absolute Gasteiger partial charge is 0.481 e. The number of hydrogen-bond donors (Lipinski definition) is 9. The predicted molar refractivity (Wildman–Crippen MR) is 126 cm³/mol. The lowest BCUT2D eigenvalue weighted by Crippen LogP contribution is -2.57. The van der Waals surface area contributed by atoms with E-state index < -0.39 is 78.8 Å². The number of nitrogens with one attached hydrogen (secondary N) is 4. The van der Waals surface area contributed by atoms with Gasteiger partial charge in [0.05, 0.1) is 19.2 Å². The van der Waals surface area contributed by atoms with Crippen LogP contribution in [-0.2, 0) is 33.6 Å². The fourth-order valence-corrected chi connectivity index (χ4v) is 2.94. The Hall–Kier alpha value is -3.79. The van der Waals surface area contributed by atoms with Crippen LogP contribution in [-0.4, -0.2) is 94.1 Å². The molecule has 0 unspecified atom stereocenters. The summed E-state index contributed by atoms with van der Waals surface area (Å²) >= 11 is 0. The van der Waals surface area contributed by atoms with Crippen LogP contribution in [0, 0.1) is 5.92 Å². The Bertz CT molecular complexity index is 850. The fourth-order valence-electron chi connectivity index (χ4n) is 2.94. The molecule has 37 heavy (non-hydrogen) atoms. The van der Waals surface area contributed by atoms with E-state index in [1.807, 2.05) is 0 Å². The van der Waals surface area contributed by atoms with Crippen molar-refractivity contribution in [2.24, 2.45) is 17.4 Å². The summed E-state index contributed by atoms with van der Waals surface area (Å²) in [5.41, 5.74) is 10.5. The van der Waals surface area contributed by atoms with Crippen LogP contribution >= 0.6 is 0 Å². The lowest BCUT2D eigenvalue weighted by atomic mass is 10.0. The standard InChI is InChI=1S/C21H36N6O10/c1-10(2)7-13(19(34)26-12(21(36)37)4-5-15(23)29)27-20(35)14(9-28)25-16(30)8-24-18(33)11(22)3-6-17(31)32/h10-14,28H,3-9,22H2,1-2H3,(H2,23,29)(H,24,33)(H,25,30)(H,26,34)(H,27,35)(H,31,32)(H,36,37)/t11-,12-,13-,14-/m0/s1. The molecule has 0 radical (unpaired) electrons. The molecule has 0 aliphatic heterocycles. The number of aliphatic hydroxyl groups excluding tert-OH is 1. The number of rotatable bonds is 18. The van der Waals surface area contributed by atoms with E-state index in [0.29, 0.717) is 0 Å². The molecule has 0 heterocycles. The molecule has 0 saturated carbocycles. The molecule has 0 aromatic heterocycles. The second-order valence-electron chi connectivity index (χ2n) is 8.65. The van der Waals surface area contributed by atoms with Gasteiger partial charge in [-0.1, -0.05) is 13.8 Å². The highest BCUT2D eigenvalue weighted by molar-refractivity contribution is 5.94. The third-order valence-corrected chi connectivity index (χ3v) is 4.90. The summed E-state index contributed by atoms with van der Waals surface area (Å²) in [6.07, 6.45) is -0.986. The van der Waals surface area contributed by atoms with Gasteiger partial charge in [-0.15, -0.1) is 0 Å². The summed E-state index contributed by atoms with van der Waals surface area (Å²) in [6.45, 7) is 1.99. The van der Waals surface area contributed by atoms with Crippen LogP contribution in [0.4, 0.5) is 0 Å². The fraction of sp³-hybridized carbons (Fsp3) is 0.667. The molecule has 0 spiro atoms. The number of carbonyl (C=O) groups excluding carboxylic acids is 5. The van der Waals surface area contributed by atoms with E-state index in [1.54, 1.807) is 13.8 Å². The third-order valence-electron chi connectivity index (χ3n) is 4.90. The molecule has 0 bridgehead atoms. The first-order chi connectivity index (χ1) is 17.2. The van der Waals surface area contributed by atoms with E-state index >= 15 is 0 Å². The number of primary amides is 1. The summed E-state index contributed by atoms with van der Waals surface area (Å²) in [5.74, 6) is -6.93. The Morgan fingerprint density at radius 3 is 1.84 bits per heavy atom. The van der Waals surface area contributed by atoms with Gasteiger partial charge in [0.2, 0.25) is 29.5 Å². The summed E-state index contributed by atoms with van der Waals surface area (Å²) in [5, 5.41) is 36.4. The minimum atomic E-state index is -1.52. The van der Waals surface area contributed by atoms with Crippen molar-refractivity contribution in [2.45, 2.75) is 70.1 Å². The van der Waals surface area contributed by atoms with E-state index in [0.717, 1.165) is 0 Å². The number of nitrogens with two attached hydrogens (primary N) is 2. The van der Waals surface area contributed by atoms with Gasteiger partial charge in [0, 0.05) is 12.8 Å². The van der Waals surface area contributed by atoms with E-state index in [4.69, 9.17) is 16.6 Å². The van der Waals surface area contributed by atoms with Gasteiger partial charge in [0.25, 0.3) is 0 Å². The van der Waals surface area contributed by atoms with E-state index in [9.17, 15) is 43.8 Å². The molecule has 0 saturated heterocycles. The average Bonchev–Trinajstić information content (AvgIpc) is 2.80. The molecule has 0 aromatic rings. The highest BCUT2D eigenvalue weighted by Crippen LogP contribution is 2.07. The monoisotopic (exact) mass is 532 g/mol. The molecular formula is C21H36N6O10. The van der Waals surface area contributed by atoms with Gasteiger partial charge in [-0.25, -0.2) is 4.79 Å². The van der Waals surface area contributed by atoms with Crippen molar-refractivity contribution in [3.05, 3.63) is 0 Å². The number of amides is 5. The lowest BCUT2D eigenvalue weighted by molar-refractivity contribution is -0.142. The van der Waals surface area contributed by atoms with Crippen LogP contribution in [0.25, 0.3) is 0 Å². The molecule has 0 aromatic carbocycles. The second kappa shape index (κ2) is 16.8. The first-order valence-corrected chi connectivity index (χ1v) is 11.4. The molecule has 16 heteroatoms. The third kappa shape index (κ3) is 14.4. The SMILES string of the molecule is CC(C)C[C@H](NC(=O)[C@H](CO)NC(=O)CNC(=O)[C@@H](N)CCC(=O)O)C(=O)N[C@@H](CCC(N)=O)C(=O)O. The van der Waals surface area contributed by atoms with E-state index in [-0.39, 0.29) is 38.0 Å². The van der Waals surface area contributed by atoms with Gasteiger partial charge in [-0.05, 0) is 25.2 Å². The van der Waals surface area contributed by atoms with Crippen LogP contribution in [0.3, 0.4) is 0 Å². The van der Waals surface area contributed by atoms with Gasteiger partial charge < -0.3 is 48.1 Å². The molecule has 4 atom stereocenters. The van der Waals surface area contributed by atoms with Crippen LogP contribution in [0.5, 0.6) is 0 Å². The predicted octanol–water partition coefficient (Wildman–Crippen LogP) is -3.86. The lowest BCUT2D eigenvalue weighted by Gasteiger charge is -2.25. The summed E-state index contributed by atoms with van der Waals surface area (Å²) in [4.78, 5) is 82.2. The summed E-state index contributed by atoms with van der Waals surface area (Å²) < 4.78 is 0. The number of carboxylic acids is 2. The number of hydrogen-bond acceptors (Lipinski definition) is 9. The summed E-state index contributed by atoms with van der Waals surface area (Å²) in [6, 6.07) is -5.36. The average molecular weight is 533 g/mol. The van der Waals surface area contributed by atoms with Gasteiger partial charge in [-0.3, -0.25) is 28.8 Å². The van der Waals surface area contributed by atoms with Crippen LogP contribution in [0.15, 0.2) is 0 Å². The van der Waals surface area contributed by atoms with Gasteiger partial charge in [-0.2, -0.15) is 0 Å². The molecule has 5 amide bonds. The summed E-state index contributed by atoms with van der Waals surface area (Å²) in [7, 11) is 0. The highest BCUT2D eigenvalue weighted by atomic mass is 16.4. The van der Waals surface area contributed by atoms with Gasteiger partial charge in [0.15, 0.2) is 0 Å². The maximum absolute atomic E-state index is 12.7. The Morgan fingerprint density at radius 2 is 1.35 bits per heavy atom. The van der Waals surface area contributed by atoms with Crippen molar-refractivity contribution >= 4 is 41.5 Å². The molecule has 11 N–H and O–H groups in total. The van der Waals surface area contributed by atoms with Crippen LogP contribution in [0.2, 0.25) is 0 Å². The molecule has 16 nitrogen and oxygen atoms in total. The molecule has 0 aliphatic rings. The van der Waals surface area contributed by atoms with Crippen molar-refractivity contribution in [1.82, 2.24) is 21.3 Å². The van der Waals surface area contributed by atoms with Crippen molar-refractivity contribution in [1.29, 1.82) is 0 Å².